The largest absolute Gasteiger partial charge is 0.492 e. The molecule has 3 aromatic rings. The van der Waals surface area contributed by atoms with Gasteiger partial charge in [0.05, 0.1) is 12.3 Å². The molecule has 1 aliphatic rings. The highest BCUT2D eigenvalue weighted by Crippen LogP contribution is 2.26. The molecular formula is C22H22N4O2. The van der Waals surface area contributed by atoms with E-state index in [9.17, 15) is 4.79 Å². The predicted molar refractivity (Wildman–Crippen MR) is 108 cm³/mol. The summed E-state index contributed by atoms with van der Waals surface area (Å²) in [6.45, 7) is 3.79. The Morgan fingerprint density at radius 3 is 2.75 bits per heavy atom. The second-order valence-corrected chi connectivity index (χ2v) is 6.57. The van der Waals surface area contributed by atoms with E-state index >= 15 is 0 Å². The highest BCUT2D eigenvalue weighted by Gasteiger charge is 2.22. The smallest absolute Gasteiger partial charge is 0.272 e. The molecule has 0 aliphatic carbocycles. The maximum atomic E-state index is 13.0. The Labute approximate surface area is 164 Å². The molecule has 2 aromatic carbocycles. The predicted octanol–water partition coefficient (Wildman–Crippen LogP) is 3.82. The van der Waals surface area contributed by atoms with E-state index in [4.69, 9.17) is 4.74 Å². The van der Waals surface area contributed by atoms with Gasteiger partial charge in [-0.15, -0.1) is 0 Å². The second kappa shape index (κ2) is 8.08. The molecule has 1 aromatic heterocycles. The zero-order chi connectivity index (χ0) is 19.3. The van der Waals surface area contributed by atoms with E-state index < -0.39 is 0 Å². The number of para-hydroxylation sites is 2. The van der Waals surface area contributed by atoms with Crippen molar-refractivity contribution >= 4 is 17.5 Å². The summed E-state index contributed by atoms with van der Waals surface area (Å²) in [5.74, 6) is 1.01. The number of carbonyl (C=O) groups excluding carboxylic acids is 1. The molecule has 0 saturated carbocycles. The summed E-state index contributed by atoms with van der Waals surface area (Å²) in [5, 5.41) is 3.15. The van der Waals surface area contributed by atoms with Crippen LogP contribution in [0.15, 0.2) is 60.8 Å². The molecule has 0 radical (unpaired) electrons. The Morgan fingerprint density at radius 1 is 1.11 bits per heavy atom. The fourth-order valence-electron chi connectivity index (χ4n) is 3.34. The SMILES string of the molecule is CCOc1ccccc1Nc1nccc(C(=O)N2CCc3ccccc3C2)n1. The van der Waals surface area contributed by atoms with Gasteiger partial charge in [-0.25, -0.2) is 9.97 Å². The van der Waals surface area contributed by atoms with Crippen LogP contribution >= 0.6 is 0 Å². The van der Waals surface area contributed by atoms with Crippen LogP contribution in [0.3, 0.4) is 0 Å². The van der Waals surface area contributed by atoms with Gasteiger partial charge < -0.3 is 15.0 Å². The Hall–Kier alpha value is -3.41. The lowest BCUT2D eigenvalue weighted by molar-refractivity contribution is 0.0728. The third-order valence-corrected chi connectivity index (χ3v) is 4.73. The standard InChI is InChI=1S/C22H22N4O2/c1-2-28-20-10-6-5-9-18(20)24-22-23-13-11-19(25-22)21(27)26-14-12-16-7-3-4-8-17(16)15-26/h3-11,13H,2,12,14-15H2,1H3,(H,23,24,25). The van der Waals surface area contributed by atoms with Gasteiger partial charge in [0.25, 0.3) is 5.91 Å². The number of aromatic nitrogens is 2. The van der Waals surface area contributed by atoms with Crippen molar-refractivity contribution in [1.82, 2.24) is 14.9 Å². The van der Waals surface area contributed by atoms with Crippen molar-refractivity contribution in [2.24, 2.45) is 0 Å². The number of anilines is 2. The number of fused-ring (bicyclic) bond motifs is 1. The zero-order valence-electron chi connectivity index (χ0n) is 15.8. The Kier molecular flexibility index (Phi) is 5.19. The van der Waals surface area contributed by atoms with Crippen molar-refractivity contribution in [1.29, 1.82) is 0 Å². The monoisotopic (exact) mass is 374 g/mol. The lowest BCUT2D eigenvalue weighted by Crippen LogP contribution is -2.36. The minimum atomic E-state index is -0.0851. The van der Waals surface area contributed by atoms with Gasteiger partial charge in [-0.2, -0.15) is 0 Å². The van der Waals surface area contributed by atoms with Gasteiger partial charge in [-0.1, -0.05) is 36.4 Å². The van der Waals surface area contributed by atoms with E-state index in [0.29, 0.717) is 31.3 Å². The minimum absolute atomic E-state index is 0.0851. The van der Waals surface area contributed by atoms with E-state index in [2.05, 4.69) is 27.4 Å². The zero-order valence-corrected chi connectivity index (χ0v) is 15.8. The summed E-state index contributed by atoms with van der Waals surface area (Å²) in [4.78, 5) is 23.5. The maximum Gasteiger partial charge on any atom is 0.272 e. The molecule has 1 N–H and O–H groups in total. The molecule has 142 valence electrons. The summed E-state index contributed by atoms with van der Waals surface area (Å²) in [5.41, 5.74) is 3.65. The number of amides is 1. The Bertz CT molecular complexity index is 990. The molecule has 28 heavy (non-hydrogen) atoms. The molecule has 6 heteroatoms. The van der Waals surface area contributed by atoms with Crippen LogP contribution in [0.25, 0.3) is 0 Å². The third kappa shape index (κ3) is 3.81. The number of hydrogen-bond acceptors (Lipinski definition) is 5. The Morgan fingerprint density at radius 2 is 1.89 bits per heavy atom. The first kappa shape index (κ1) is 18.0. The van der Waals surface area contributed by atoms with Crippen LogP contribution < -0.4 is 10.1 Å². The Balaban J connectivity index is 1.52. The summed E-state index contributed by atoms with van der Waals surface area (Å²) >= 11 is 0. The number of hydrogen-bond donors (Lipinski definition) is 1. The highest BCUT2D eigenvalue weighted by atomic mass is 16.5. The van der Waals surface area contributed by atoms with Crippen molar-refractivity contribution in [3.8, 4) is 5.75 Å². The van der Waals surface area contributed by atoms with Gasteiger partial charge in [0, 0.05) is 19.3 Å². The molecular weight excluding hydrogens is 352 g/mol. The number of benzene rings is 2. The van der Waals surface area contributed by atoms with Gasteiger partial charge in [-0.05, 0) is 42.7 Å². The summed E-state index contributed by atoms with van der Waals surface area (Å²) in [7, 11) is 0. The highest BCUT2D eigenvalue weighted by molar-refractivity contribution is 5.92. The van der Waals surface area contributed by atoms with Crippen molar-refractivity contribution in [2.75, 3.05) is 18.5 Å². The minimum Gasteiger partial charge on any atom is -0.492 e. The van der Waals surface area contributed by atoms with E-state index in [1.807, 2.05) is 48.2 Å². The van der Waals surface area contributed by atoms with Crippen LogP contribution in [0.5, 0.6) is 5.75 Å². The molecule has 0 unspecified atom stereocenters. The maximum absolute atomic E-state index is 13.0. The summed E-state index contributed by atoms with van der Waals surface area (Å²) < 4.78 is 5.62. The van der Waals surface area contributed by atoms with Gasteiger partial charge in [0.2, 0.25) is 5.95 Å². The first-order valence-corrected chi connectivity index (χ1v) is 9.42. The number of nitrogens with one attached hydrogen (secondary N) is 1. The number of carbonyl (C=O) groups is 1. The second-order valence-electron chi connectivity index (χ2n) is 6.57. The van der Waals surface area contributed by atoms with Crippen LogP contribution in [0.4, 0.5) is 11.6 Å². The van der Waals surface area contributed by atoms with Crippen molar-refractivity contribution in [3.63, 3.8) is 0 Å². The number of nitrogens with zero attached hydrogens (tertiary/aromatic N) is 3. The van der Waals surface area contributed by atoms with E-state index in [1.54, 1.807) is 12.3 Å². The number of rotatable bonds is 5. The summed E-state index contributed by atoms with van der Waals surface area (Å²) in [6, 6.07) is 17.5. The lowest BCUT2D eigenvalue weighted by Gasteiger charge is -2.28. The average molecular weight is 374 g/mol. The van der Waals surface area contributed by atoms with Crippen molar-refractivity contribution in [2.45, 2.75) is 19.9 Å². The molecule has 0 fully saturated rings. The molecule has 1 amide bonds. The molecule has 0 saturated heterocycles. The fourth-order valence-corrected chi connectivity index (χ4v) is 3.34. The van der Waals surface area contributed by atoms with Crippen LogP contribution in [-0.4, -0.2) is 33.9 Å². The molecule has 0 bridgehead atoms. The molecule has 6 nitrogen and oxygen atoms in total. The van der Waals surface area contributed by atoms with Crippen LogP contribution in [0.2, 0.25) is 0 Å². The van der Waals surface area contributed by atoms with Crippen molar-refractivity contribution in [3.05, 3.63) is 77.6 Å². The third-order valence-electron chi connectivity index (χ3n) is 4.73. The average Bonchev–Trinajstić information content (AvgIpc) is 2.75. The van der Waals surface area contributed by atoms with Gasteiger partial charge in [0.1, 0.15) is 11.4 Å². The molecule has 0 atom stereocenters. The molecule has 4 rings (SSSR count). The van der Waals surface area contributed by atoms with Crippen LogP contribution in [0, 0.1) is 0 Å². The molecule has 1 aliphatic heterocycles. The van der Waals surface area contributed by atoms with Crippen LogP contribution in [-0.2, 0) is 13.0 Å². The topological polar surface area (TPSA) is 67.3 Å². The quantitative estimate of drug-likeness (QED) is 0.735. The lowest BCUT2D eigenvalue weighted by atomic mass is 10.00. The van der Waals surface area contributed by atoms with E-state index in [0.717, 1.165) is 17.9 Å². The fraction of sp³-hybridized carbons (Fsp3) is 0.227. The first-order valence-electron chi connectivity index (χ1n) is 9.42. The van der Waals surface area contributed by atoms with Crippen LogP contribution in [0.1, 0.15) is 28.5 Å². The summed E-state index contributed by atoms with van der Waals surface area (Å²) in [6.07, 6.45) is 2.46. The molecule has 2 heterocycles. The van der Waals surface area contributed by atoms with Gasteiger partial charge >= 0.3 is 0 Å². The van der Waals surface area contributed by atoms with Crippen molar-refractivity contribution < 1.29 is 9.53 Å². The van der Waals surface area contributed by atoms with E-state index in [1.165, 1.54) is 11.1 Å². The van der Waals surface area contributed by atoms with Gasteiger partial charge in [0.15, 0.2) is 0 Å². The first-order chi connectivity index (χ1) is 13.7. The normalized spacial score (nSPS) is 13.0. The van der Waals surface area contributed by atoms with E-state index in [-0.39, 0.29) is 5.91 Å². The molecule has 0 spiro atoms. The van der Waals surface area contributed by atoms with Gasteiger partial charge in [-0.3, -0.25) is 4.79 Å². The number of ether oxygens (including phenoxy) is 1.